The molecule has 1 atom stereocenters. The van der Waals surface area contributed by atoms with Crippen LogP contribution in [0.1, 0.15) is 0 Å². The number of sulfonamides is 1. The predicted molar refractivity (Wildman–Crippen MR) is 57.5 cm³/mol. The van der Waals surface area contributed by atoms with E-state index in [1.807, 2.05) is 0 Å². The fourth-order valence-electron chi connectivity index (χ4n) is 0.896. The summed E-state index contributed by atoms with van der Waals surface area (Å²) >= 11 is 1.05. The minimum Gasteiger partial charge on any atom is -0.467 e. The summed E-state index contributed by atoms with van der Waals surface area (Å²) in [7, 11) is -2.54. The second-order valence-electron chi connectivity index (χ2n) is 2.82. The van der Waals surface area contributed by atoms with Crippen LogP contribution in [0.5, 0.6) is 0 Å². The molecular formula is C8H11NO5S2. The molecule has 6 nitrogen and oxygen atoms in total. The third kappa shape index (κ3) is 3.27. The summed E-state index contributed by atoms with van der Waals surface area (Å²) < 4.78 is 29.6. The quantitative estimate of drug-likeness (QED) is 0.704. The van der Waals surface area contributed by atoms with Crippen molar-refractivity contribution in [3.05, 3.63) is 17.5 Å². The van der Waals surface area contributed by atoms with E-state index >= 15 is 0 Å². The molecule has 0 amide bonds. The number of thiophene rings is 1. The van der Waals surface area contributed by atoms with Crippen LogP contribution in [0.4, 0.5) is 0 Å². The maximum Gasteiger partial charge on any atom is 0.336 e. The zero-order valence-electron chi connectivity index (χ0n) is 8.41. The molecule has 1 rings (SSSR count). The third-order valence-corrected chi connectivity index (χ3v) is 4.52. The van der Waals surface area contributed by atoms with Crippen molar-refractivity contribution in [3.63, 3.8) is 0 Å². The number of aliphatic hydroxyl groups excluding tert-OH is 1. The normalized spacial score (nSPS) is 13.4. The highest BCUT2D eigenvalue weighted by molar-refractivity contribution is 7.91. The van der Waals surface area contributed by atoms with Crippen molar-refractivity contribution in [1.82, 2.24) is 4.72 Å². The van der Waals surface area contributed by atoms with Crippen molar-refractivity contribution in [2.24, 2.45) is 0 Å². The molecule has 0 saturated carbocycles. The highest BCUT2D eigenvalue weighted by Crippen LogP contribution is 2.14. The first kappa shape index (κ1) is 13.1. The molecule has 0 spiro atoms. The fourth-order valence-corrected chi connectivity index (χ4v) is 2.97. The van der Waals surface area contributed by atoms with Gasteiger partial charge in [0.15, 0.2) is 6.10 Å². The first-order valence-electron chi connectivity index (χ1n) is 4.26. The summed E-state index contributed by atoms with van der Waals surface area (Å²) in [6.45, 7) is -0.410. The molecule has 0 aliphatic rings. The molecule has 16 heavy (non-hydrogen) atoms. The van der Waals surface area contributed by atoms with Crippen molar-refractivity contribution >= 4 is 27.3 Å². The number of ether oxygens (including phenoxy) is 1. The first-order valence-corrected chi connectivity index (χ1v) is 6.62. The van der Waals surface area contributed by atoms with E-state index in [4.69, 9.17) is 0 Å². The average Bonchev–Trinajstić information content (AvgIpc) is 2.78. The van der Waals surface area contributed by atoms with Gasteiger partial charge in [0.05, 0.1) is 7.11 Å². The molecule has 8 heteroatoms. The van der Waals surface area contributed by atoms with Crippen LogP contribution in [0.2, 0.25) is 0 Å². The Bertz CT molecular complexity index is 439. The molecule has 0 radical (unpaired) electrons. The van der Waals surface area contributed by atoms with Crippen LogP contribution in [-0.2, 0) is 19.6 Å². The van der Waals surface area contributed by atoms with Crippen LogP contribution in [0.25, 0.3) is 0 Å². The number of carbonyl (C=O) groups excluding carboxylic acids is 1. The van der Waals surface area contributed by atoms with Gasteiger partial charge in [-0.15, -0.1) is 11.3 Å². The van der Waals surface area contributed by atoms with Crippen LogP contribution in [0.15, 0.2) is 21.7 Å². The average molecular weight is 265 g/mol. The largest absolute Gasteiger partial charge is 0.467 e. The zero-order chi connectivity index (χ0) is 12.2. The summed E-state index contributed by atoms with van der Waals surface area (Å²) in [4.78, 5) is 10.8. The molecule has 1 aromatic heterocycles. The van der Waals surface area contributed by atoms with Crippen LogP contribution in [0, 0.1) is 0 Å². The Balaban J connectivity index is 2.59. The molecule has 0 aromatic carbocycles. The predicted octanol–water partition coefficient (Wildman–Crippen LogP) is -0.440. The first-order chi connectivity index (χ1) is 7.47. The van der Waals surface area contributed by atoms with Gasteiger partial charge in [0, 0.05) is 6.54 Å². The Kier molecular flexibility index (Phi) is 4.42. The number of hydrogen-bond acceptors (Lipinski definition) is 6. The monoisotopic (exact) mass is 265 g/mol. The van der Waals surface area contributed by atoms with Crippen molar-refractivity contribution in [2.75, 3.05) is 13.7 Å². The Labute approximate surface area is 96.9 Å². The Morgan fingerprint density at radius 1 is 1.69 bits per heavy atom. The summed E-state index contributed by atoms with van der Waals surface area (Å²) in [6, 6.07) is 3.02. The van der Waals surface area contributed by atoms with E-state index in [1.165, 1.54) is 6.07 Å². The van der Waals surface area contributed by atoms with Crippen molar-refractivity contribution in [3.8, 4) is 0 Å². The minimum atomic E-state index is -3.65. The lowest BCUT2D eigenvalue weighted by molar-refractivity contribution is -0.149. The van der Waals surface area contributed by atoms with Gasteiger partial charge >= 0.3 is 5.97 Å². The van der Waals surface area contributed by atoms with Gasteiger partial charge in [0.1, 0.15) is 4.21 Å². The molecule has 2 N–H and O–H groups in total. The van der Waals surface area contributed by atoms with E-state index in [9.17, 15) is 18.3 Å². The number of rotatable bonds is 5. The molecule has 0 saturated heterocycles. The molecule has 0 bridgehead atoms. The summed E-state index contributed by atoms with van der Waals surface area (Å²) in [5.41, 5.74) is 0. The molecule has 0 aliphatic heterocycles. The van der Waals surface area contributed by atoms with E-state index in [0.717, 1.165) is 18.4 Å². The molecule has 90 valence electrons. The molecule has 0 aliphatic carbocycles. The van der Waals surface area contributed by atoms with E-state index in [-0.39, 0.29) is 4.21 Å². The fraction of sp³-hybridized carbons (Fsp3) is 0.375. The number of hydrogen-bond donors (Lipinski definition) is 2. The van der Waals surface area contributed by atoms with Crippen LogP contribution >= 0.6 is 11.3 Å². The Morgan fingerprint density at radius 2 is 2.38 bits per heavy atom. The van der Waals surface area contributed by atoms with Gasteiger partial charge in [-0.2, -0.15) is 0 Å². The topological polar surface area (TPSA) is 92.7 Å². The van der Waals surface area contributed by atoms with E-state index < -0.39 is 28.6 Å². The molecular weight excluding hydrogens is 254 g/mol. The number of nitrogens with one attached hydrogen (secondary N) is 1. The maximum atomic E-state index is 11.5. The number of carbonyl (C=O) groups is 1. The zero-order valence-corrected chi connectivity index (χ0v) is 10.0. The molecule has 1 unspecified atom stereocenters. The SMILES string of the molecule is COC(=O)C(O)CNS(=O)(=O)c1cccs1. The van der Waals surface area contributed by atoms with Crippen LogP contribution in [-0.4, -0.2) is 39.3 Å². The summed E-state index contributed by atoms with van der Waals surface area (Å²) in [5.74, 6) is -0.881. The molecule has 1 aromatic rings. The highest BCUT2D eigenvalue weighted by atomic mass is 32.2. The lowest BCUT2D eigenvalue weighted by atomic mass is 10.4. The van der Waals surface area contributed by atoms with Crippen LogP contribution in [0.3, 0.4) is 0 Å². The summed E-state index contributed by atoms with van der Waals surface area (Å²) in [5, 5.41) is 10.8. The smallest absolute Gasteiger partial charge is 0.336 e. The van der Waals surface area contributed by atoms with Gasteiger partial charge in [-0.05, 0) is 11.4 Å². The highest BCUT2D eigenvalue weighted by Gasteiger charge is 2.20. The molecule has 1 heterocycles. The van der Waals surface area contributed by atoms with Gasteiger partial charge in [-0.1, -0.05) is 6.07 Å². The van der Waals surface area contributed by atoms with E-state index in [1.54, 1.807) is 11.4 Å². The lowest BCUT2D eigenvalue weighted by Gasteiger charge is -2.09. The summed E-state index contributed by atoms with van der Waals surface area (Å²) in [6.07, 6.45) is -1.50. The lowest BCUT2D eigenvalue weighted by Crippen LogP contribution is -2.36. The number of methoxy groups -OCH3 is 1. The Hall–Kier alpha value is -0.960. The number of esters is 1. The minimum absolute atomic E-state index is 0.129. The maximum absolute atomic E-state index is 11.5. The van der Waals surface area contributed by atoms with Gasteiger partial charge in [0.25, 0.3) is 0 Å². The van der Waals surface area contributed by atoms with E-state index in [0.29, 0.717) is 0 Å². The van der Waals surface area contributed by atoms with Crippen molar-refractivity contribution in [2.45, 2.75) is 10.3 Å². The standard InChI is InChI=1S/C8H11NO5S2/c1-14-8(11)6(10)5-9-16(12,13)7-3-2-4-15-7/h2-4,6,9-10H,5H2,1H3. The van der Waals surface area contributed by atoms with Crippen molar-refractivity contribution in [1.29, 1.82) is 0 Å². The van der Waals surface area contributed by atoms with Gasteiger partial charge in [-0.25, -0.2) is 17.9 Å². The second-order valence-corrected chi connectivity index (χ2v) is 5.76. The molecule has 0 fully saturated rings. The van der Waals surface area contributed by atoms with Gasteiger partial charge < -0.3 is 9.84 Å². The van der Waals surface area contributed by atoms with Gasteiger partial charge in [0.2, 0.25) is 10.0 Å². The third-order valence-electron chi connectivity index (χ3n) is 1.70. The van der Waals surface area contributed by atoms with Crippen molar-refractivity contribution < 1.29 is 23.1 Å². The Morgan fingerprint density at radius 3 is 2.88 bits per heavy atom. The second kappa shape index (κ2) is 5.39. The number of aliphatic hydroxyl groups is 1. The van der Waals surface area contributed by atoms with Gasteiger partial charge in [-0.3, -0.25) is 0 Å². The van der Waals surface area contributed by atoms with E-state index in [2.05, 4.69) is 9.46 Å². The van der Waals surface area contributed by atoms with Crippen LogP contribution < -0.4 is 4.72 Å².